The third-order valence-corrected chi connectivity index (χ3v) is 5.24. The van der Waals surface area contributed by atoms with Gasteiger partial charge in [-0.15, -0.1) is 0 Å². The average molecular weight is 436 g/mol. The predicted octanol–water partition coefficient (Wildman–Crippen LogP) is 6.14. The van der Waals surface area contributed by atoms with Crippen LogP contribution >= 0.6 is 11.6 Å². The molecule has 0 bridgehead atoms. The van der Waals surface area contributed by atoms with Gasteiger partial charge in [0, 0.05) is 21.7 Å². The fourth-order valence-electron chi connectivity index (χ4n) is 3.62. The van der Waals surface area contributed by atoms with Crippen molar-refractivity contribution >= 4 is 34.3 Å². The molecule has 0 aliphatic heterocycles. The van der Waals surface area contributed by atoms with Gasteiger partial charge in [0.25, 0.3) is 0 Å². The number of hydrogen-bond donors (Lipinski definition) is 0. The highest BCUT2D eigenvalue weighted by Gasteiger charge is 2.30. The van der Waals surface area contributed by atoms with Crippen LogP contribution in [0.5, 0.6) is 0 Å². The van der Waals surface area contributed by atoms with E-state index in [0.29, 0.717) is 27.2 Å². The Balaban J connectivity index is 2.09. The van der Waals surface area contributed by atoms with Crippen molar-refractivity contribution in [1.29, 1.82) is 0 Å². The number of halogens is 2. The maximum Gasteiger partial charge on any atom is 0.356 e. The van der Waals surface area contributed by atoms with Crippen LogP contribution in [0.15, 0.2) is 66.7 Å². The summed E-state index contributed by atoms with van der Waals surface area (Å²) in [6.45, 7) is 3.76. The summed E-state index contributed by atoms with van der Waals surface area (Å²) in [7, 11) is 0. The first-order chi connectivity index (χ1) is 14.9. The maximum absolute atomic E-state index is 14.2. The molecule has 3 aromatic carbocycles. The van der Waals surface area contributed by atoms with Gasteiger partial charge in [-0.2, -0.15) is 0 Å². The topological polar surface area (TPSA) is 48.3 Å². The fourth-order valence-corrected chi connectivity index (χ4v) is 3.81. The van der Waals surface area contributed by atoms with Crippen molar-refractivity contribution in [2.45, 2.75) is 13.8 Å². The predicted molar refractivity (Wildman–Crippen MR) is 119 cm³/mol. The van der Waals surface area contributed by atoms with Crippen LogP contribution in [0.1, 0.15) is 38.9 Å². The molecular weight excluding hydrogens is 417 g/mol. The second kappa shape index (κ2) is 8.36. The Kier molecular flexibility index (Phi) is 5.61. The van der Waals surface area contributed by atoms with Crippen LogP contribution < -0.4 is 0 Å². The first-order valence-corrected chi connectivity index (χ1v) is 10.2. The summed E-state index contributed by atoms with van der Waals surface area (Å²) < 4.78 is 21.1. The van der Waals surface area contributed by atoms with Crippen molar-refractivity contribution in [2.24, 2.45) is 0 Å². The molecule has 0 fully saturated rings. The molecule has 0 saturated heterocycles. The molecule has 0 saturated carbocycles. The van der Waals surface area contributed by atoms with Crippen LogP contribution in [0, 0.1) is 12.7 Å². The SMILES string of the molecule is CCOC(=O)c1c(C(=O)c2cccc(Cl)c2)c2ccc(F)cc2n1-c1ccc(C)cc1. The number of rotatable bonds is 5. The van der Waals surface area contributed by atoms with Crippen LogP contribution in [0.2, 0.25) is 5.02 Å². The van der Waals surface area contributed by atoms with Gasteiger partial charge in [0.05, 0.1) is 17.7 Å². The van der Waals surface area contributed by atoms with E-state index < -0.39 is 17.6 Å². The van der Waals surface area contributed by atoms with Gasteiger partial charge in [-0.1, -0.05) is 41.4 Å². The quantitative estimate of drug-likeness (QED) is 0.279. The molecule has 6 heteroatoms. The molecule has 4 rings (SSSR count). The van der Waals surface area contributed by atoms with E-state index in [2.05, 4.69) is 0 Å². The van der Waals surface area contributed by atoms with E-state index in [1.54, 1.807) is 29.7 Å². The molecular formula is C25H19ClFNO3. The van der Waals surface area contributed by atoms with Crippen LogP contribution in [-0.4, -0.2) is 22.9 Å². The summed E-state index contributed by atoms with van der Waals surface area (Å²) in [4.78, 5) is 26.6. The summed E-state index contributed by atoms with van der Waals surface area (Å²) in [6.07, 6.45) is 0. The number of ether oxygens (including phenoxy) is 1. The number of benzene rings is 3. The molecule has 0 amide bonds. The van der Waals surface area contributed by atoms with Gasteiger partial charge in [0.15, 0.2) is 5.78 Å². The van der Waals surface area contributed by atoms with E-state index in [0.717, 1.165) is 5.56 Å². The largest absolute Gasteiger partial charge is 0.461 e. The minimum atomic E-state index is -0.662. The third-order valence-electron chi connectivity index (χ3n) is 5.01. The van der Waals surface area contributed by atoms with E-state index in [4.69, 9.17) is 16.3 Å². The number of fused-ring (bicyclic) bond motifs is 1. The van der Waals surface area contributed by atoms with Crippen molar-refractivity contribution in [3.63, 3.8) is 0 Å². The molecule has 4 nitrogen and oxygen atoms in total. The molecule has 0 atom stereocenters. The summed E-state index contributed by atoms with van der Waals surface area (Å²) in [5.74, 6) is -1.53. The summed E-state index contributed by atoms with van der Waals surface area (Å²) in [6, 6.07) is 18.0. The Hall–Kier alpha value is -3.44. The van der Waals surface area contributed by atoms with E-state index in [9.17, 15) is 14.0 Å². The number of aryl methyl sites for hydroxylation is 1. The van der Waals surface area contributed by atoms with E-state index in [-0.39, 0.29) is 17.9 Å². The number of nitrogens with zero attached hydrogens (tertiary/aromatic N) is 1. The van der Waals surface area contributed by atoms with Crippen molar-refractivity contribution in [1.82, 2.24) is 4.57 Å². The van der Waals surface area contributed by atoms with Crippen LogP contribution in [0.25, 0.3) is 16.6 Å². The monoisotopic (exact) mass is 435 g/mol. The van der Waals surface area contributed by atoms with Crippen LogP contribution in [-0.2, 0) is 4.74 Å². The number of esters is 1. The zero-order chi connectivity index (χ0) is 22.1. The number of aromatic nitrogens is 1. The minimum Gasteiger partial charge on any atom is -0.461 e. The summed E-state index contributed by atoms with van der Waals surface area (Å²) in [5.41, 5.74) is 2.57. The first-order valence-electron chi connectivity index (χ1n) is 9.79. The lowest BCUT2D eigenvalue weighted by atomic mass is 10.00. The molecule has 156 valence electrons. The molecule has 31 heavy (non-hydrogen) atoms. The highest BCUT2D eigenvalue weighted by Crippen LogP contribution is 2.33. The van der Waals surface area contributed by atoms with Gasteiger partial charge in [-0.25, -0.2) is 9.18 Å². The lowest BCUT2D eigenvalue weighted by Gasteiger charge is -2.12. The fraction of sp³-hybridized carbons (Fsp3) is 0.120. The molecule has 1 aromatic heterocycles. The summed E-state index contributed by atoms with van der Waals surface area (Å²) >= 11 is 6.08. The number of hydrogen-bond acceptors (Lipinski definition) is 3. The number of carbonyl (C=O) groups is 2. The molecule has 0 N–H and O–H groups in total. The molecule has 0 radical (unpaired) electrons. The van der Waals surface area contributed by atoms with Gasteiger partial charge >= 0.3 is 5.97 Å². The van der Waals surface area contributed by atoms with Crippen molar-refractivity contribution < 1.29 is 18.7 Å². The Morgan fingerprint density at radius 1 is 1.03 bits per heavy atom. The minimum absolute atomic E-state index is 0.0521. The zero-order valence-corrected chi connectivity index (χ0v) is 17.7. The van der Waals surface area contributed by atoms with E-state index >= 15 is 0 Å². The van der Waals surface area contributed by atoms with Crippen molar-refractivity contribution in [3.8, 4) is 5.69 Å². The molecule has 0 aliphatic carbocycles. The van der Waals surface area contributed by atoms with Gasteiger partial charge < -0.3 is 9.30 Å². The third kappa shape index (κ3) is 3.84. The highest BCUT2D eigenvalue weighted by molar-refractivity contribution is 6.31. The van der Waals surface area contributed by atoms with Crippen molar-refractivity contribution in [2.75, 3.05) is 6.61 Å². The lowest BCUT2D eigenvalue weighted by molar-refractivity contribution is 0.0514. The van der Waals surface area contributed by atoms with Gasteiger partial charge in [0.1, 0.15) is 11.5 Å². The smallest absolute Gasteiger partial charge is 0.356 e. The Morgan fingerprint density at radius 3 is 2.45 bits per heavy atom. The molecule has 0 aliphatic rings. The lowest BCUT2D eigenvalue weighted by Crippen LogP contribution is -2.16. The van der Waals surface area contributed by atoms with E-state index in [1.807, 2.05) is 31.2 Å². The number of carbonyl (C=O) groups excluding carboxylic acids is 2. The Bertz CT molecular complexity index is 1310. The Labute approximate surface area is 183 Å². The van der Waals surface area contributed by atoms with Crippen LogP contribution in [0.4, 0.5) is 4.39 Å². The maximum atomic E-state index is 14.2. The average Bonchev–Trinajstić information content (AvgIpc) is 3.08. The summed E-state index contributed by atoms with van der Waals surface area (Å²) in [5, 5.41) is 0.854. The van der Waals surface area contributed by atoms with Crippen LogP contribution in [0.3, 0.4) is 0 Å². The van der Waals surface area contributed by atoms with E-state index in [1.165, 1.54) is 24.3 Å². The van der Waals surface area contributed by atoms with Crippen molar-refractivity contribution in [3.05, 3.63) is 100.0 Å². The number of ketones is 1. The second-order valence-electron chi connectivity index (χ2n) is 7.12. The second-order valence-corrected chi connectivity index (χ2v) is 7.55. The molecule has 1 heterocycles. The van der Waals surface area contributed by atoms with Gasteiger partial charge in [0.2, 0.25) is 0 Å². The highest BCUT2D eigenvalue weighted by atomic mass is 35.5. The van der Waals surface area contributed by atoms with Gasteiger partial charge in [-0.05, 0) is 56.3 Å². The normalized spacial score (nSPS) is 11.0. The molecule has 0 spiro atoms. The Morgan fingerprint density at radius 2 is 1.77 bits per heavy atom. The first kappa shape index (κ1) is 20.8. The standard InChI is InChI=1S/C25H19ClFNO3/c1-3-31-25(30)23-22(24(29)16-5-4-6-17(26)13-16)20-12-9-18(27)14-21(20)28(23)19-10-7-15(2)8-11-19/h4-14H,3H2,1-2H3. The van der Waals surface area contributed by atoms with Gasteiger partial charge in [-0.3, -0.25) is 4.79 Å². The molecule has 4 aromatic rings. The zero-order valence-electron chi connectivity index (χ0n) is 17.0. The molecule has 0 unspecified atom stereocenters.